The number of nitrogens with zero attached hydrogens (tertiary/aromatic N) is 3. The number of aliphatic hydroxyl groups is 1. The number of benzene rings is 1. The molecule has 0 unspecified atom stereocenters. The molecule has 0 aliphatic heterocycles. The van der Waals surface area contributed by atoms with Crippen molar-refractivity contribution in [3.05, 3.63) is 36.5 Å². The Bertz CT molecular complexity index is 640. The van der Waals surface area contributed by atoms with Crippen molar-refractivity contribution in [2.75, 3.05) is 25.0 Å². The van der Waals surface area contributed by atoms with Gasteiger partial charge in [0, 0.05) is 31.9 Å². The third-order valence-corrected chi connectivity index (χ3v) is 3.81. The highest BCUT2D eigenvalue weighted by Gasteiger charge is 2.17. The summed E-state index contributed by atoms with van der Waals surface area (Å²) in [5, 5.41) is 16.6. The van der Waals surface area contributed by atoms with Crippen LogP contribution in [0.4, 0.5) is 10.5 Å². The van der Waals surface area contributed by atoms with E-state index in [9.17, 15) is 9.90 Å². The zero-order valence-electron chi connectivity index (χ0n) is 14.4. The first-order valence-electron chi connectivity index (χ1n) is 8.41. The van der Waals surface area contributed by atoms with Crippen LogP contribution in [0.2, 0.25) is 0 Å². The van der Waals surface area contributed by atoms with Gasteiger partial charge in [-0.05, 0) is 6.42 Å². The fraction of sp³-hybridized carbons (Fsp3) is 0.444. The molecule has 6 nitrogen and oxygen atoms in total. The van der Waals surface area contributed by atoms with Gasteiger partial charge in [-0.2, -0.15) is 5.10 Å². The maximum Gasteiger partial charge on any atom is 0.322 e. The molecule has 2 amide bonds. The Morgan fingerprint density at radius 1 is 1.25 bits per heavy atom. The Kier molecular flexibility index (Phi) is 6.81. The molecule has 24 heavy (non-hydrogen) atoms. The summed E-state index contributed by atoms with van der Waals surface area (Å²) >= 11 is 0. The van der Waals surface area contributed by atoms with Crippen molar-refractivity contribution in [1.82, 2.24) is 14.7 Å². The molecule has 0 aliphatic rings. The number of anilines is 1. The van der Waals surface area contributed by atoms with Gasteiger partial charge in [0.15, 0.2) is 0 Å². The van der Waals surface area contributed by atoms with E-state index in [1.807, 2.05) is 37.4 Å². The zero-order valence-corrected chi connectivity index (χ0v) is 14.4. The van der Waals surface area contributed by atoms with Crippen LogP contribution in [0.25, 0.3) is 11.3 Å². The molecule has 0 bridgehead atoms. The molecule has 2 rings (SSSR count). The average Bonchev–Trinajstić information content (AvgIpc) is 2.95. The molecular weight excluding hydrogens is 304 g/mol. The fourth-order valence-electron chi connectivity index (χ4n) is 2.57. The van der Waals surface area contributed by atoms with Gasteiger partial charge < -0.3 is 15.3 Å². The van der Waals surface area contributed by atoms with Crippen LogP contribution < -0.4 is 5.32 Å². The topological polar surface area (TPSA) is 70.4 Å². The summed E-state index contributed by atoms with van der Waals surface area (Å²) in [6.45, 7) is 3.05. The number of aryl methyl sites for hydroxylation is 1. The molecule has 0 fully saturated rings. The number of carbonyl (C=O) groups excluding carboxylic acids is 1. The summed E-state index contributed by atoms with van der Waals surface area (Å²) in [6.07, 6.45) is 4.89. The summed E-state index contributed by atoms with van der Waals surface area (Å²) in [6, 6.07) is 9.55. The molecule has 1 aromatic carbocycles. The molecule has 1 heterocycles. The van der Waals surface area contributed by atoms with Crippen LogP contribution in [0.1, 0.15) is 26.2 Å². The molecule has 1 aromatic heterocycles. The lowest BCUT2D eigenvalue weighted by Gasteiger charge is -2.22. The number of aliphatic hydroxyl groups excluding tert-OH is 1. The lowest BCUT2D eigenvalue weighted by Crippen LogP contribution is -2.37. The second kappa shape index (κ2) is 9.08. The number of carbonyl (C=O) groups is 1. The molecule has 130 valence electrons. The van der Waals surface area contributed by atoms with Crippen LogP contribution in [-0.2, 0) is 7.05 Å². The maximum absolute atomic E-state index is 12.6. The van der Waals surface area contributed by atoms with Gasteiger partial charge in [0.2, 0.25) is 0 Å². The van der Waals surface area contributed by atoms with Gasteiger partial charge in [-0.25, -0.2) is 4.79 Å². The van der Waals surface area contributed by atoms with Crippen LogP contribution in [0, 0.1) is 0 Å². The highest BCUT2D eigenvalue weighted by molar-refractivity contribution is 5.93. The molecule has 2 N–H and O–H groups in total. The summed E-state index contributed by atoms with van der Waals surface area (Å²) in [5.74, 6) is 0. The van der Waals surface area contributed by atoms with Crippen molar-refractivity contribution >= 4 is 11.7 Å². The van der Waals surface area contributed by atoms with E-state index in [1.54, 1.807) is 15.8 Å². The van der Waals surface area contributed by atoms with Crippen molar-refractivity contribution in [2.45, 2.75) is 26.2 Å². The summed E-state index contributed by atoms with van der Waals surface area (Å²) in [7, 11) is 1.83. The van der Waals surface area contributed by atoms with E-state index in [4.69, 9.17) is 0 Å². The second-order valence-corrected chi connectivity index (χ2v) is 5.78. The van der Waals surface area contributed by atoms with E-state index < -0.39 is 0 Å². The van der Waals surface area contributed by atoms with Crippen LogP contribution in [0.3, 0.4) is 0 Å². The highest BCUT2D eigenvalue weighted by Crippen LogP contribution is 2.26. The van der Waals surface area contributed by atoms with Gasteiger partial charge in [-0.3, -0.25) is 4.68 Å². The predicted molar refractivity (Wildman–Crippen MR) is 95.8 cm³/mol. The van der Waals surface area contributed by atoms with Crippen molar-refractivity contribution in [1.29, 1.82) is 0 Å². The first kappa shape index (κ1) is 18.0. The van der Waals surface area contributed by atoms with Gasteiger partial charge in [-0.1, -0.05) is 50.1 Å². The predicted octanol–water partition coefficient (Wildman–Crippen LogP) is 3.10. The van der Waals surface area contributed by atoms with Gasteiger partial charge in [0.25, 0.3) is 0 Å². The molecule has 0 atom stereocenters. The number of aromatic nitrogens is 2. The number of nitrogens with one attached hydrogen (secondary N) is 1. The lowest BCUT2D eigenvalue weighted by atomic mass is 10.1. The van der Waals surface area contributed by atoms with Crippen molar-refractivity contribution in [3.8, 4) is 11.3 Å². The molecule has 2 aromatic rings. The number of hydrogen-bond donors (Lipinski definition) is 2. The third kappa shape index (κ3) is 4.83. The molecule has 0 saturated heterocycles. The van der Waals surface area contributed by atoms with E-state index in [0.29, 0.717) is 18.8 Å². The largest absolute Gasteiger partial charge is 0.395 e. The first-order chi connectivity index (χ1) is 11.7. The number of urea groups is 1. The number of unbranched alkanes of at least 4 members (excludes halogenated alkanes) is 2. The van der Waals surface area contributed by atoms with Crippen molar-refractivity contribution in [2.24, 2.45) is 7.05 Å². The monoisotopic (exact) mass is 330 g/mol. The summed E-state index contributed by atoms with van der Waals surface area (Å²) in [4.78, 5) is 14.2. The minimum absolute atomic E-state index is 0.0435. The Morgan fingerprint density at radius 3 is 2.67 bits per heavy atom. The van der Waals surface area contributed by atoms with Crippen LogP contribution >= 0.6 is 0 Å². The Balaban J connectivity index is 2.12. The van der Waals surface area contributed by atoms with E-state index in [1.165, 1.54) is 0 Å². The quantitative estimate of drug-likeness (QED) is 0.731. The van der Waals surface area contributed by atoms with Crippen LogP contribution in [-0.4, -0.2) is 45.5 Å². The normalized spacial score (nSPS) is 10.6. The molecule has 0 spiro atoms. The smallest absolute Gasteiger partial charge is 0.322 e. The lowest BCUT2D eigenvalue weighted by molar-refractivity contribution is 0.187. The molecule has 0 aliphatic carbocycles. The van der Waals surface area contributed by atoms with Crippen molar-refractivity contribution in [3.63, 3.8) is 0 Å². The van der Waals surface area contributed by atoms with Gasteiger partial charge in [0.1, 0.15) is 5.69 Å². The molecule has 0 radical (unpaired) electrons. The van der Waals surface area contributed by atoms with Gasteiger partial charge in [0.05, 0.1) is 12.3 Å². The number of amides is 2. The summed E-state index contributed by atoms with van der Waals surface area (Å²) in [5.41, 5.74) is 2.36. The fourth-order valence-corrected chi connectivity index (χ4v) is 2.57. The van der Waals surface area contributed by atoms with E-state index >= 15 is 0 Å². The average molecular weight is 330 g/mol. The standard InChI is InChI=1S/C18H26N4O2/c1-3-4-8-11-22(12-13-23)18(24)19-16-14-21(2)20-17(16)15-9-6-5-7-10-15/h5-7,9-10,14,23H,3-4,8,11-13H2,1-2H3,(H,19,24). The molecule has 6 heteroatoms. The number of hydrogen-bond acceptors (Lipinski definition) is 3. The molecular formula is C18H26N4O2. The Morgan fingerprint density at radius 2 is 2.00 bits per heavy atom. The van der Waals surface area contributed by atoms with Gasteiger partial charge >= 0.3 is 6.03 Å². The zero-order chi connectivity index (χ0) is 17.4. The Labute approximate surface area is 143 Å². The Hall–Kier alpha value is -2.34. The van der Waals surface area contributed by atoms with Gasteiger partial charge in [-0.15, -0.1) is 0 Å². The van der Waals surface area contributed by atoms with E-state index in [2.05, 4.69) is 17.3 Å². The SMILES string of the molecule is CCCCCN(CCO)C(=O)Nc1cn(C)nc1-c1ccccc1. The minimum Gasteiger partial charge on any atom is -0.395 e. The number of rotatable bonds is 8. The van der Waals surface area contributed by atoms with E-state index in [-0.39, 0.29) is 12.6 Å². The van der Waals surface area contributed by atoms with Crippen LogP contribution in [0.5, 0.6) is 0 Å². The third-order valence-electron chi connectivity index (χ3n) is 3.81. The van der Waals surface area contributed by atoms with Crippen molar-refractivity contribution < 1.29 is 9.90 Å². The van der Waals surface area contributed by atoms with E-state index in [0.717, 1.165) is 30.5 Å². The minimum atomic E-state index is -0.203. The second-order valence-electron chi connectivity index (χ2n) is 5.78. The maximum atomic E-state index is 12.6. The highest BCUT2D eigenvalue weighted by atomic mass is 16.3. The summed E-state index contributed by atoms with van der Waals surface area (Å²) < 4.78 is 1.69. The van der Waals surface area contributed by atoms with Crippen LogP contribution in [0.15, 0.2) is 36.5 Å². The molecule has 0 saturated carbocycles. The first-order valence-corrected chi connectivity index (χ1v) is 8.41.